The van der Waals surface area contributed by atoms with Gasteiger partial charge in [-0.05, 0) is 46.3 Å². The first kappa shape index (κ1) is 15.7. The Morgan fingerprint density at radius 3 is 2.37 bits per heavy atom. The van der Waals surface area contributed by atoms with Crippen LogP contribution in [-0.2, 0) is 0 Å². The predicted molar refractivity (Wildman–Crippen MR) is 91.8 cm³/mol. The summed E-state index contributed by atoms with van der Waals surface area (Å²) >= 11 is 3.45. The van der Waals surface area contributed by atoms with Crippen LogP contribution >= 0.6 is 32.9 Å². The summed E-state index contributed by atoms with van der Waals surface area (Å²) < 4.78 is 0.991. The lowest BCUT2D eigenvalue weighted by molar-refractivity contribution is 1.50. The Bertz CT molecular complexity index is 551. The molecule has 0 heterocycles. The molecule has 0 spiro atoms. The molecule has 2 rings (SSSR count). The van der Waals surface area contributed by atoms with Crippen molar-refractivity contribution in [1.82, 2.24) is 0 Å². The lowest BCUT2D eigenvalue weighted by atomic mass is 10.3. The van der Waals surface area contributed by atoms with Crippen LogP contribution in [0.4, 0.5) is 11.4 Å². The Morgan fingerprint density at radius 2 is 1.63 bits per heavy atom. The van der Waals surface area contributed by atoms with Gasteiger partial charge in [-0.2, -0.15) is 0 Å². The second kappa shape index (κ2) is 8.67. The fraction of sp³-hybridized carbons (Fsp3) is 0. The molecule has 2 nitrogen and oxygen atoms in total. The topological polar surface area (TPSA) is 24.4 Å². The van der Waals surface area contributed by atoms with E-state index in [1.54, 1.807) is 6.21 Å². The van der Waals surface area contributed by atoms with Crippen LogP contribution in [0.2, 0.25) is 0 Å². The summed E-state index contributed by atoms with van der Waals surface area (Å²) in [6.07, 6.45) is 5.48. The molecule has 0 saturated heterocycles. The number of nitrogens with zero attached hydrogens (tertiary/aromatic N) is 1. The zero-order valence-corrected chi connectivity index (χ0v) is 13.5. The molecule has 0 aliphatic heterocycles. The van der Waals surface area contributed by atoms with Gasteiger partial charge in [0.05, 0.1) is 5.69 Å². The second-order valence-corrected chi connectivity index (χ2v) is 4.45. The van der Waals surface area contributed by atoms with Gasteiger partial charge in [0, 0.05) is 22.6 Å². The Hall–Kier alpha value is -1.39. The maximum Gasteiger partial charge on any atom is 0.0771 e. The number of aliphatic imine (C=N–C) groups is 1. The van der Waals surface area contributed by atoms with Gasteiger partial charge in [-0.3, -0.25) is 4.99 Å². The lowest BCUT2D eigenvalue weighted by Gasteiger charge is -1.97. The van der Waals surface area contributed by atoms with E-state index in [0.29, 0.717) is 0 Å². The van der Waals surface area contributed by atoms with Gasteiger partial charge < -0.3 is 5.32 Å². The Morgan fingerprint density at radius 1 is 0.947 bits per heavy atom. The van der Waals surface area contributed by atoms with Gasteiger partial charge >= 0.3 is 0 Å². The van der Waals surface area contributed by atoms with Crippen molar-refractivity contribution < 1.29 is 0 Å². The summed E-state index contributed by atoms with van der Waals surface area (Å²) in [5.74, 6) is 0. The van der Waals surface area contributed by atoms with E-state index in [0.717, 1.165) is 15.8 Å². The summed E-state index contributed by atoms with van der Waals surface area (Å²) in [5, 5.41) is 3.16. The maximum absolute atomic E-state index is 4.34. The van der Waals surface area contributed by atoms with Crippen molar-refractivity contribution in [3.63, 3.8) is 0 Å². The third-order valence-corrected chi connectivity index (χ3v) is 2.94. The van der Waals surface area contributed by atoms with Crippen LogP contribution in [0, 0.1) is 0 Å². The third-order valence-electron chi connectivity index (χ3n) is 2.27. The fourth-order valence-corrected chi connectivity index (χ4v) is 1.79. The third kappa shape index (κ3) is 5.41. The van der Waals surface area contributed by atoms with Crippen molar-refractivity contribution in [2.45, 2.75) is 0 Å². The van der Waals surface area contributed by atoms with E-state index in [-0.39, 0.29) is 17.0 Å². The summed E-state index contributed by atoms with van der Waals surface area (Å²) in [6, 6.07) is 17.8. The van der Waals surface area contributed by atoms with Gasteiger partial charge in [-0.1, -0.05) is 30.3 Å². The average molecular weight is 382 g/mol. The lowest BCUT2D eigenvalue weighted by Crippen LogP contribution is -1.85. The van der Waals surface area contributed by atoms with Crippen LogP contribution < -0.4 is 5.32 Å². The molecular formula is C15H14Br2N2. The first-order valence-electron chi connectivity index (χ1n) is 5.61. The molecule has 19 heavy (non-hydrogen) atoms. The molecule has 98 valence electrons. The molecule has 0 unspecified atom stereocenters. The zero-order valence-electron chi connectivity index (χ0n) is 10.2. The molecular weight excluding hydrogens is 368 g/mol. The van der Waals surface area contributed by atoms with E-state index in [2.05, 4.69) is 26.2 Å². The number of anilines is 1. The molecule has 2 aromatic carbocycles. The SMILES string of the molecule is Br.Brc1ccccc1N=CC=CNc1ccccc1. The highest BCUT2D eigenvalue weighted by atomic mass is 79.9. The normalized spacial score (nSPS) is 10.6. The number of halogens is 2. The van der Waals surface area contributed by atoms with Crippen LogP contribution in [0.1, 0.15) is 0 Å². The molecule has 4 heteroatoms. The number of allylic oxidation sites excluding steroid dienone is 1. The van der Waals surface area contributed by atoms with E-state index >= 15 is 0 Å². The van der Waals surface area contributed by atoms with Crippen molar-refractivity contribution in [2.75, 3.05) is 5.32 Å². The Labute approximate surface area is 132 Å². The standard InChI is InChI=1S/C15H13BrN2.BrH/c16-14-9-4-5-10-15(14)18-12-6-11-17-13-7-2-1-3-8-13;/h1-12,17H;1H. The van der Waals surface area contributed by atoms with E-state index in [9.17, 15) is 0 Å². The molecule has 0 atom stereocenters. The Kier molecular flexibility index (Phi) is 7.15. The number of para-hydroxylation sites is 2. The van der Waals surface area contributed by atoms with Gasteiger partial charge in [0.15, 0.2) is 0 Å². The Balaban J connectivity index is 0.00000180. The molecule has 0 radical (unpaired) electrons. The van der Waals surface area contributed by atoms with E-state index in [1.165, 1.54) is 0 Å². The van der Waals surface area contributed by atoms with Crippen LogP contribution in [0.25, 0.3) is 0 Å². The quantitative estimate of drug-likeness (QED) is 0.708. The summed E-state index contributed by atoms with van der Waals surface area (Å²) in [5.41, 5.74) is 1.98. The van der Waals surface area contributed by atoms with Gasteiger partial charge in [-0.25, -0.2) is 0 Å². The number of rotatable bonds is 4. The molecule has 2 aromatic rings. The maximum atomic E-state index is 4.34. The minimum atomic E-state index is 0. The largest absolute Gasteiger partial charge is 0.362 e. The van der Waals surface area contributed by atoms with Crippen molar-refractivity contribution >= 4 is 50.5 Å². The molecule has 1 N–H and O–H groups in total. The molecule has 0 aromatic heterocycles. The molecule has 0 fully saturated rings. The molecule has 0 bridgehead atoms. The van der Waals surface area contributed by atoms with Crippen molar-refractivity contribution in [3.05, 3.63) is 71.3 Å². The van der Waals surface area contributed by atoms with Crippen LogP contribution in [-0.4, -0.2) is 6.21 Å². The van der Waals surface area contributed by atoms with Gasteiger partial charge in [0.1, 0.15) is 0 Å². The van der Waals surface area contributed by atoms with Crippen molar-refractivity contribution in [1.29, 1.82) is 0 Å². The zero-order chi connectivity index (χ0) is 12.6. The first-order valence-corrected chi connectivity index (χ1v) is 6.41. The van der Waals surface area contributed by atoms with Crippen LogP contribution in [0.3, 0.4) is 0 Å². The molecule has 0 saturated carbocycles. The summed E-state index contributed by atoms with van der Waals surface area (Å²) in [6.45, 7) is 0. The van der Waals surface area contributed by atoms with Gasteiger partial charge in [0.2, 0.25) is 0 Å². The van der Waals surface area contributed by atoms with E-state index in [4.69, 9.17) is 0 Å². The fourth-order valence-electron chi connectivity index (χ4n) is 1.40. The second-order valence-electron chi connectivity index (χ2n) is 3.60. The summed E-state index contributed by atoms with van der Waals surface area (Å²) in [7, 11) is 0. The van der Waals surface area contributed by atoms with Gasteiger partial charge in [0.25, 0.3) is 0 Å². The van der Waals surface area contributed by atoms with E-state index in [1.807, 2.05) is 66.9 Å². The molecule has 0 aliphatic carbocycles. The number of hydrogen-bond acceptors (Lipinski definition) is 2. The van der Waals surface area contributed by atoms with Gasteiger partial charge in [-0.15, -0.1) is 17.0 Å². The molecule has 0 aliphatic rings. The number of benzene rings is 2. The average Bonchev–Trinajstić information content (AvgIpc) is 2.42. The smallest absolute Gasteiger partial charge is 0.0771 e. The highest BCUT2D eigenvalue weighted by Crippen LogP contribution is 2.23. The summed E-state index contributed by atoms with van der Waals surface area (Å²) in [4.78, 5) is 4.34. The van der Waals surface area contributed by atoms with Crippen molar-refractivity contribution in [2.24, 2.45) is 4.99 Å². The van der Waals surface area contributed by atoms with Crippen molar-refractivity contribution in [3.8, 4) is 0 Å². The number of nitrogens with one attached hydrogen (secondary N) is 1. The number of hydrogen-bond donors (Lipinski definition) is 1. The first-order chi connectivity index (χ1) is 8.86. The molecule has 0 amide bonds. The van der Waals surface area contributed by atoms with E-state index < -0.39 is 0 Å². The highest BCUT2D eigenvalue weighted by Gasteiger charge is 1.92. The van der Waals surface area contributed by atoms with Crippen LogP contribution in [0.5, 0.6) is 0 Å². The minimum absolute atomic E-state index is 0. The highest BCUT2D eigenvalue weighted by molar-refractivity contribution is 9.10. The minimum Gasteiger partial charge on any atom is -0.362 e. The monoisotopic (exact) mass is 380 g/mol. The predicted octanol–water partition coefficient (Wildman–Crippen LogP) is 5.36. The van der Waals surface area contributed by atoms with Crippen LogP contribution in [0.15, 0.2) is 76.3 Å².